The van der Waals surface area contributed by atoms with Crippen molar-refractivity contribution in [1.29, 1.82) is 0 Å². The molecule has 0 saturated heterocycles. The molecular weight excluding hydrogens is 286 g/mol. The number of aliphatic hydroxyl groups excluding tert-OH is 1. The summed E-state index contributed by atoms with van der Waals surface area (Å²) in [5, 5.41) is 13.5. The number of hydrogen-bond acceptors (Lipinski definition) is 2. The number of benzene rings is 2. The second kappa shape index (κ2) is 7.81. The number of nitrogens with one attached hydrogen (secondary N) is 1. The Bertz CT molecular complexity index is 586. The van der Waals surface area contributed by atoms with E-state index in [1.54, 1.807) is 0 Å². The van der Waals surface area contributed by atoms with Crippen LogP contribution in [0, 0.1) is 0 Å². The first-order chi connectivity index (χ1) is 10.2. The van der Waals surface area contributed by atoms with Crippen molar-refractivity contribution in [1.82, 2.24) is 5.32 Å². The fourth-order valence-electron chi connectivity index (χ4n) is 2.08. The van der Waals surface area contributed by atoms with Gasteiger partial charge in [0.15, 0.2) is 0 Å². The van der Waals surface area contributed by atoms with Crippen LogP contribution in [0.15, 0.2) is 54.6 Å². The van der Waals surface area contributed by atoms with Crippen molar-refractivity contribution >= 4 is 17.5 Å². The lowest BCUT2D eigenvalue weighted by Gasteiger charge is -2.11. The van der Waals surface area contributed by atoms with Gasteiger partial charge in [-0.2, -0.15) is 0 Å². The van der Waals surface area contributed by atoms with Gasteiger partial charge in [-0.1, -0.05) is 60.1 Å². The third-order valence-corrected chi connectivity index (χ3v) is 3.61. The molecule has 1 amide bonds. The number of carbonyl (C=O) groups excluding carboxylic acids is 1. The Hall–Kier alpha value is -1.84. The van der Waals surface area contributed by atoms with Gasteiger partial charge in [-0.25, -0.2) is 0 Å². The first kappa shape index (κ1) is 15.5. The van der Waals surface area contributed by atoms with Crippen LogP contribution in [0.3, 0.4) is 0 Å². The summed E-state index contributed by atoms with van der Waals surface area (Å²) in [6.45, 7) is 0.504. The molecule has 0 aliphatic heterocycles. The van der Waals surface area contributed by atoms with Gasteiger partial charge in [0.05, 0.1) is 12.5 Å². The van der Waals surface area contributed by atoms with Crippen molar-refractivity contribution in [2.75, 3.05) is 6.54 Å². The molecule has 2 aromatic carbocycles. The molecule has 0 fully saturated rings. The highest BCUT2D eigenvalue weighted by Gasteiger charge is 2.12. The van der Waals surface area contributed by atoms with E-state index in [4.69, 9.17) is 11.6 Å². The van der Waals surface area contributed by atoms with Crippen LogP contribution in [0.4, 0.5) is 0 Å². The van der Waals surface area contributed by atoms with E-state index in [-0.39, 0.29) is 12.3 Å². The van der Waals surface area contributed by atoms with Gasteiger partial charge in [0.2, 0.25) is 5.91 Å². The minimum absolute atomic E-state index is 0.0620. The first-order valence-electron chi connectivity index (χ1n) is 6.90. The fourth-order valence-corrected chi connectivity index (χ4v) is 2.31. The minimum Gasteiger partial charge on any atom is -0.388 e. The molecule has 4 heteroatoms. The highest BCUT2D eigenvalue weighted by atomic mass is 35.5. The molecule has 0 aromatic heterocycles. The Morgan fingerprint density at radius 3 is 2.48 bits per heavy atom. The largest absolute Gasteiger partial charge is 0.388 e. The Kier molecular flexibility index (Phi) is 5.78. The van der Waals surface area contributed by atoms with Crippen LogP contribution >= 0.6 is 11.6 Å². The molecule has 0 aliphatic carbocycles. The summed E-state index contributed by atoms with van der Waals surface area (Å²) >= 11 is 6.05. The van der Waals surface area contributed by atoms with Crippen LogP contribution < -0.4 is 5.32 Å². The molecule has 0 spiro atoms. The molecule has 0 aliphatic rings. The van der Waals surface area contributed by atoms with Crippen LogP contribution in [0.5, 0.6) is 0 Å². The number of halogens is 1. The van der Waals surface area contributed by atoms with Crippen LogP contribution in [-0.2, 0) is 11.2 Å². The number of aliphatic hydroxyl groups is 1. The van der Waals surface area contributed by atoms with Crippen molar-refractivity contribution in [3.8, 4) is 0 Å². The number of hydrogen-bond donors (Lipinski definition) is 2. The van der Waals surface area contributed by atoms with Gasteiger partial charge in [0, 0.05) is 11.6 Å². The Morgan fingerprint density at radius 1 is 1.10 bits per heavy atom. The van der Waals surface area contributed by atoms with E-state index in [9.17, 15) is 9.90 Å². The van der Waals surface area contributed by atoms with Gasteiger partial charge in [-0.3, -0.25) is 4.79 Å². The second-order valence-corrected chi connectivity index (χ2v) is 5.23. The number of carbonyl (C=O) groups is 1. The van der Waals surface area contributed by atoms with Crippen molar-refractivity contribution < 1.29 is 9.90 Å². The lowest BCUT2D eigenvalue weighted by molar-refractivity contribution is -0.123. The lowest BCUT2D eigenvalue weighted by Crippen LogP contribution is -2.27. The molecule has 2 aromatic rings. The maximum absolute atomic E-state index is 11.8. The quantitative estimate of drug-likeness (QED) is 0.861. The van der Waals surface area contributed by atoms with Gasteiger partial charge >= 0.3 is 0 Å². The molecule has 21 heavy (non-hydrogen) atoms. The molecule has 2 rings (SSSR count). The van der Waals surface area contributed by atoms with E-state index in [1.807, 2.05) is 54.6 Å². The maximum atomic E-state index is 11.8. The van der Waals surface area contributed by atoms with Gasteiger partial charge in [0.1, 0.15) is 0 Å². The van der Waals surface area contributed by atoms with E-state index in [0.29, 0.717) is 18.0 Å². The predicted octanol–water partition coefficient (Wildman–Crippen LogP) is 3.12. The van der Waals surface area contributed by atoms with Gasteiger partial charge in [-0.15, -0.1) is 0 Å². The summed E-state index contributed by atoms with van der Waals surface area (Å²) in [6, 6.07) is 16.7. The Morgan fingerprint density at radius 2 is 1.76 bits per heavy atom. The van der Waals surface area contributed by atoms with E-state index in [2.05, 4.69) is 5.32 Å². The first-order valence-corrected chi connectivity index (χ1v) is 7.27. The summed E-state index contributed by atoms with van der Waals surface area (Å²) in [6.07, 6.45) is -0.0363. The molecule has 0 bridgehead atoms. The van der Waals surface area contributed by atoms with Gasteiger partial charge in [0.25, 0.3) is 0 Å². The van der Waals surface area contributed by atoms with Crippen molar-refractivity contribution in [2.24, 2.45) is 0 Å². The zero-order chi connectivity index (χ0) is 15.1. The third-order valence-electron chi connectivity index (χ3n) is 3.24. The minimum atomic E-state index is -0.772. The van der Waals surface area contributed by atoms with E-state index >= 15 is 0 Å². The van der Waals surface area contributed by atoms with Gasteiger partial charge < -0.3 is 10.4 Å². The SMILES string of the molecule is O=C(CC(O)c1ccccc1)NCCc1ccccc1Cl. The molecule has 2 N–H and O–H groups in total. The van der Waals surface area contributed by atoms with Crippen LogP contribution in [0.2, 0.25) is 5.02 Å². The smallest absolute Gasteiger partial charge is 0.222 e. The topological polar surface area (TPSA) is 49.3 Å². The molecular formula is C17H18ClNO2. The van der Waals surface area contributed by atoms with Crippen molar-refractivity contribution in [3.05, 3.63) is 70.7 Å². The standard InChI is InChI=1S/C17H18ClNO2/c18-15-9-5-4-6-13(15)10-11-19-17(21)12-16(20)14-7-2-1-3-8-14/h1-9,16,20H,10-12H2,(H,19,21). The zero-order valence-electron chi connectivity index (χ0n) is 11.6. The Balaban J connectivity index is 1.76. The summed E-state index contributed by atoms with van der Waals surface area (Å²) < 4.78 is 0. The van der Waals surface area contributed by atoms with Crippen molar-refractivity contribution in [3.63, 3.8) is 0 Å². The number of rotatable bonds is 6. The van der Waals surface area contributed by atoms with E-state index < -0.39 is 6.10 Å². The molecule has 0 saturated carbocycles. The number of amides is 1. The van der Waals surface area contributed by atoms with Crippen LogP contribution in [-0.4, -0.2) is 17.6 Å². The van der Waals surface area contributed by atoms with E-state index in [1.165, 1.54) is 0 Å². The molecule has 1 unspecified atom stereocenters. The van der Waals surface area contributed by atoms with Gasteiger partial charge in [-0.05, 0) is 23.6 Å². The normalized spacial score (nSPS) is 11.9. The predicted molar refractivity (Wildman–Crippen MR) is 84.2 cm³/mol. The summed E-state index contributed by atoms with van der Waals surface area (Å²) in [5.41, 5.74) is 1.75. The molecule has 1 atom stereocenters. The maximum Gasteiger partial charge on any atom is 0.222 e. The summed E-state index contributed by atoms with van der Waals surface area (Å²) in [5.74, 6) is -0.168. The molecule has 0 radical (unpaired) electrons. The molecule has 3 nitrogen and oxygen atoms in total. The van der Waals surface area contributed by atoms with E-state index in [0.717, 1.165) is 11.1 Å². The summed E-state index contributed by atoms with van der Waals surface area (Å²) in [7, 11) is 0. The molecule has 110 valence electrons. The monoisotopic (exact) mass is 303 g/mol. The average Bonchev–Trinajstić information content (AvgIpc) is 2.50. The highest BCUT2D eigenvalue weighted by Crippen LogP contribution is 2.16. The fraction of sp³-hybridized carbons (Fsp3) is 0.235. The Labute approximate surface area is 129 Å². The van der Waals surface area contributed by atoms with Crippen LogP contribution in [0.1, 0.15) is 23.7 Å². The lowest BCUT2D eigenvalue weighted by atomic mass is 10.1. The van der Waals surface area contributed by atoms with Crippen LogP contribution in [0.25, 0.3) is 0 Å². The highest BCUT2D eigenvalue weighted by molar-refractivity contribution is 6.31. The molecule has 0 heterocycles. The second-order valence-electron chi connectivity index (χ2n) is 4.82. The summed E-state index contributed by atoms with van der Waals surface area (Å²) in [4.78, 5) is 11.8. The van der Waals surface area contributed by atoms with Crippen molar-refractivity contribution in [2.45, 2.75) is 18.9 Å². The third kappa shape index (κ3) is 4.88. The zero-order valence-corrected chi connectivity index (χ0v) is 12.4. The average molecular weight is 304 g/mol.